The molecule has 2 amide bonds. The van der Waals surface area contributed by atoms with Gasteiger partial charge in [-0.3, -0.25) is 9.80 Å². The number of hydrogen-bond donors (Lipinski definition) is 0. The van der Waals surface area contributed by atoms with E-state index in [4.69, 9.17) is 4.74 Å². The van der Waals surface area contributed by atoms with Crippen molar-refractivity contribution in [2.75, 3.05) is 65.6 Å². The van der Waals surface area contributed by atoms with Crippen LogP contribution in [-0.2, 0) is 4.74 Å². The molecule has 1 unspecified atom stereocenters. The molecule has 22 heavy (non-hydrogen) atoms. The van der Waals surface area contributed by atoms with E-state index in [1.54, 1.807) is 0 Å². The smallest absolute Gasteiger partial charge is 0.320 e. The van der Waals surface area contributed by atoms with Crippen molar-refractivity contribution in [3.8, 4) is 0 Å². The van der Waals surface area contributed by atoms with Crippen molar-refractivity contribution < 1.29 is 9.53 Å². The van der Waals surface area contributed by atoms with Crippen molar-refractivity contribution in [3.05, 3.63) is 0 Å². The largest absolute Gasteiger partial charge is 0.379 e. The van der Waals surface area contributed by atoms with E-state index in [0.29, 0.717) is 12.1 Å². The summed E-state index contributed by atoms with van der Waals surface area (Å²) < 4.78 is 5.42. The molecule has 0 N–H and O–H groups in total. The molecule has 3 saturated heterocycles. The Labute approximate surface area is 134 Å². The van der Waals surface area contributed by atoms with Crippen LogP contribution in [0.4, 0.5) is 4.79 Å². The monoisotopic (exact) mass is 310 g/mol. The fourth-order valence-electron chi connectivity index (χ4n) is 3.79. The van der Waals surface area contributed by atoms with Crippen LogP contribution in [0.25, 0.3) is 0 Å². The number of ether oxygens (including phenoxy) is 1. The highest BCUT2D eigenvalue weighted by atomic mass is 16.5. The molecule has 3 aliphatic rings. The van der Waals surface area contributed by atoms with E-state index in [2.05, 4.69) is 28.5 Å². The lowest BCUT2D eigenvalue weighted by molar-refractivity contribution is 0.0186. The lowest BCUT2D eigenvalue weighted by Gasteiger charge is -2.38. The maximum atomic E-state index is 12.7. The summed E-state index contributed by atoms with van der Waals surface area (Å²) >= 11 is 0. The van der Waals surface area contributed by atoms with Gasteiger partial charge in [0.05, 0.1) is 13.2 Å². The van der Waals surface area contributed by atoms with E-state index in [9.17, 15) is 4.79 Å². The number of morpholine rings is 1. The standard InChI is InChI=1S/C16H30N4O2/c1-14(2)17-5-7-19(8-6-17)16(21)20-4-3-15(13-20)18-9-11-22-12-10-18/h14-15H,3-13H2,1-2H3. The van der Waals surface area contributed by atoms with Gasteiger partial charge in [-0.15, -0.1) is 0 Å². The molecule has 0 aromatic heterocycles. The fourth-order valence-corrected chi connectivity index (χ4v) is 3.79. The number of hydrogen-bond acceptors (Lipinski definition) is 4. The Hall–Kier alpha value is -0.850. The van der Waals surface area contributed by atoms with E-state index in [0.717, 1.165) is 72.0 Å². The number of piperazine rings is 1. The molecular formula is C16H30N4O2. The summed E-state index contributed by atoms with van der Waals surface area (Å²) in [5, 5.41) is 0. The molecule has 3 fully saturated rings. The van der Waals surface area contributed by atoms with E-state index in [1.165, 1.54) is 0 Å². The number of rotatable bonds is 2. The van der Waals surface area contributed by atoms with Gasteiger partial charge in [0.1, 0.15) is 0 Å². The average molecular weight is 310 g/mol. The van der Waals surface area contributed by atoms with Crippen LogP contribution in [0.3, 0.4) is 0 Å². The van der Waals surface area contributed by atoms with Crippen LogP contribution >= 0.6 is 0 Å². The highest BCUT2D eigenvalue weighted by Gasteiger charge is 2.34. The maximum Gasteiger partial charge on any atom is 0.320 e. The molecular weight excluding hydrogens is 280 g/mol. The average Bonchev–Trinajstić information content (AvgIpc) is 3.05. The first-order valence-electron chi connectivity index (χ1n) is 8.75. The van der Waals surface area contributed by atoms with Crippen LogP contribution in [0, 0.1) is 0 Å². The molecule has 0 aliphatic carbocycles. The van der Waals surface area contributed by atoms with E-state index < -0.39 is 0 Å². The second kappa shape index (κ2) is 7.15. The second-order valence-electron chi connectivity index (χ2n) is 6.94. The van der Waals surface area contributed by atoms with Crippen LogP contribution in [0.15, 0.2) is 0 Å². The topological polar surface area (TPSA) is 39.3 Å². The van der Waals surface area contributed by atoms with Crippen molar-refractivity contribution in [1.29, 1.82) is 0 Å². The maximum absolute atomic E-state index is 12.7. The summed E-state index contributed by atoms with van der Waals surface area (Å²) in [7, 11) is 0. The van der Waals surface area contributed by atoms with Gasteiger partial charge < -0.3 is 14.5 Å². The lowest BCUT2D eigenvalue weighted by Crippen LogP contribution is -2.54. The number of urea groups is 1. The molecule has 126 valence electrons. The number of carbonyl (C=O) groups excluding carboxylic acids is 1. The first kappa shape index (κ1) is 16.0. The molecule has 0 saturated carbocycles. The summed E-state index contributed by atoms with van der Waals surface area (Å²) in [6.45, 7) is 13.7. The minimum atomic E-state index is 0.249. The highest BCUT2D eigenvalue weighted by Crippen LogP contribution is 2.19. The molecule has 3 heterocycles. The summed E-state index contributed by atoms with van der Waals surface area (Å²) in [5.41, 5.74) is 0. The summed E-state index contributed by atoms with van der Waals surface area (Å²) in [6.07, 6.45) is 1.11. The van der Waals surface area contributed by atoms with Gasteiger partial charge in [-0.05, 0) is 20.3 Å². The summed E-state index contributed by atoms with van der Waals surface area (Å²) in [6, 6.07) is 1.36. The normalized spacial score (nSPS) is 28.6. The van der Waals surface area contributed by atoms with Crippen molar-refractivity contribution in [2.24, 2.45) is 0 Å². The Bertz CT molecular complexity index is 376. The number of likely N-dealkylation sites (tertiary alicyclic amines) is 1. The molecule has 0 aromatic rings. The van der Waals surface area contributed by atoms with Crippen molar-refractivity contribution >= 4 is 6.03 Å². The summed E-state index contributed by atoms with van der Waals surface area (Å²) in [5.74, 6) is 0. The molecule has 3 rings (SSSR count). The second-order valence-corrected chi connectivity index (χ2v) is 6.94. The molecule has 0 radical (unpaired) electrons. The minimum Gasteiger partial charge on any atom is -0.379 e. The quantitative estimate of drug-likeness (QED) is 0.746. The number of carbonyl (C=O) groups is 1. The molecule has 3 aliphatic heterocycles. The van der Waals surface area contributed by atoms with Crippen molar-refractivity contribution in [3.63, 3.8) is 0 Å². The molecule has 1 atom stereocenters. The lowest BCUT2D eigenvalue weighted by atomic mass is 10.2. The Balaban J connectivity index is 1.47. The molecule has 0 bridgehead atoms. The van der Waals surface area contributed by atoms with Gasteiger partial charge in [0.25, 0.3) is 0 Å². The van der Waals surface area contributed by atoms with Gasteiger partial charge in [-0.25, -0.2) is 4.79 Å². The van der Waals surface area contributed by atoms with Crippen LogP contribution < -0.4 is 0 Å². The third kappa shape index (κ3) is 3.55. The molecule has 6 heteroatoms. The zero-order chi connectivity index (χ0) is 15.5. The number of amides is 2. The Morgan fingerprint density at radius 3 is 2.27 bits per heavy atom. The molecule has 6 nitrogen and oxygen atoms in total. The highest BCUT2D eigenvalue weighted by molar-refractivity contribution is 5.75. The van der Waals surface area contributed by atoms with Crippen LogP contribution in [0.1, 0.15) is 20.3 Å². The zero-order valence-electron chi connectivity index (χ0n) is 14.0. The third-order valence-corrected chi connectivity index (χ3v) is 5.31. The van der Waals surface area contributed by atoms with Gasteiger partial charge in [0.2, 0.25) is 0 Å². The Morgan fingerprint density at radius 2 is 1.64 bits per heavy atom. The minimum absolute atomic E-state index is 0.249. The number of nitrogens with zero attached hydrogens (tertiary/aromatic N) is 4. The van der Waals surface area contributed by atoms with Crippen molar-refractivity contribution in [1.82, 2.24) is 19.6 Å². The predicted octanol–water partition coefficient (Wildman–Crippen LogP) is 0.539. The first-order chi connectivity index (χ1) is 10.6. The van der Waals surface area contributed by atoms with Crippen LogP contribution in [0.5, 0.6) is 0 Å². The molecule has 0 aromatic carbocycles. The van der Waals surface area contributed by atoms with Gasteiger partial charge in [0.15, 0.2) is 0 Å². The van der Waals surface area contributed by atoms with Gasteiger partial charge in [-0.1, -0.05) is 0 Å². The van der Waals surface area contributed by atoms with Crippen LogP contribution in [-0.4, -0.2) is 103 Å². The fraction of sp³-hybridized carbons (Fsp3) is 0.938. The molecule has 0 spiro atoms. The Morgan fingerprint density at radius 1 is 0.955 bits per heavy atom. The first-order valence-corrected chi connectivity index (χ1v) is 8.75. The SMILES string of the molecule is CC(C)N1CCN(C(=O)N2CCC(N3CCOCC3)C2)CC1. The van der Waals surface area contributed by atoms with Gasteiger partial charge in [-0.2, -0.15) is 0 Å². The third-order valence-electron chi connectivity index (χ3n) is 5.31. The predicted molar refractivity (Wildman–Crippen MR) is 86.0 cm³/mol. The van der Waals surface area contributed by atoms with Crippen LogP contribution in [0.2, 0.25) is 0 Å². The van der Waals surface area contributed by atoms with E-state index in [1.807, 2.05) is 4.90 Å². The van der Waals surface area contributed by atoms with Gasteiger partial charge in [0, 0.05) is 64.4 Å². The van der Waals surface area contributed by atoms with Crippen molar-refractivity contribution in [2.45, 2.75) is 32.4 Å². The van der Waals surface area contributed by atoms with Gasteiger partial charge >= 0.3 is 6.03 Å². The van der Waals surface area contributed by atoms with E-state index in [-0.39, 0.29) is 6.03 Å². The Kier molecular flexibility index (Phi) is 5.21. The summed E-state index contributed by atoms with van der Waals surface area (Å²) in [4.78, 5) is 21.7. The van der Waals surface area contributed by atoms with E-state index >= 15 is 0 Å². The zero-order valence-corrected chi connectivity index (χ0v) is 14.0.